The summed E-state index contributed by atoms with van der Waals surface area (Å²) < 4.78 is 0. The number of carbonyl (C=O) groups excluding carboxylic acids is 4. The molecule has 4 rings (SSSR count). The molecule has 1 aliphatic carbocycles. The van der Waals surface area contributed by atoms with Gasteiger partial charge in [0.1, 0.15) is 5.54 Å². The Hall–Kier alpha value is -2.12. The lowest BCUT2D eigenvalue weighted by molar-refractivity contribution is -0.143. The van der Waals surface area contributed by atoms with Crippen LogP contribution in [-0.4, -0.2) is 76.2 Å². The molecule has 1 N–H and O–H groups in total. The summed E-state index contributed by atoms with van der Waals surface area (Å²) in [7, 11) is 0. The highest BCUT2D eigenvalue weighted by molar-refractivity contribution is 6.07. The highest BCUT2D eigenvalue weighted by Gasteiger charge is 2.55. The Bertz CT molecular complexity index is 738. The number of hydrogen-bond donors (Lipinski definition) is 1. The number of likely N-dealkylation sites (tertiary alicyclic amines) is 2. The van der Waals surface area contributed by atoms with Crippen LogP contribution in [0.5, 0.6) is 0 Å². The van der Waals surface area contributed by atoms with Crippen molar-refractivity contribution in [2.75, 3.05) is 26.2 Å². The SMILES string of the molecule is CC(C)C(=O)N1CCC2(CC1)NC(=O)N(C1CCCN(C(=O)C3CCCCC3)C1)C2=O. The van der Waals surface area contributed by atoms with Crippen LogP contribution in [0.3, 0.4) is 0 Å². The van der Waals surface area contributed by atoms with Gasteiger partial charge in [0.15, 0.2) is 0 Å². The molecule has 1 atom stereocenters. The van der Waals surface area contributed by atoms with E-state index >= 15 is 0 Å². The maximum absolute atomic E-state index is 13.4. The van der Waals surface area contributed by atoms with Crippen LogP contribution in [0.1, 0.15) is 71.6 Å². The normalized spacial score (nSPS) is 27.2. The third-order valence-corrected chi connectivity index (χ3v) is 7.64. The van der Waals surface area contributed by atoms with E-state index in [9.17, 15) is 19.2 Å². The second-order valence-corrected chi connectivity index (χ2v) is 10.1. The average Bonchev–Trinajstić information content (AvgIpc) is 3.02. The van der Waals surface area contributed by atoms with Crippen molar-refractivity contribution in [1.29, 1.82) is 0 Å². The minimum Gasteiger partial charge on any atom is -0.342 e. The number of nitrogens with zero attached hydrogens (tertiary/aromatic N) is 3. The van der Waals surface area contributed by atoms with Crippen LogP contribution in [0.25, 0.3) is 0 Å². The summed E-state index contributed by atoms with van der Waals surface area (Å²) >= 11 is 0. The van der Waals surface area contributed by atoms with E-state index in [0.717, 1.165) is 38.5 Å². The lowest BCUT2D eigenvalue weighted by Crippen LogP contribution is -2.57. The first-order valence-corrected chi connectivity index (χ1v) is 12.1. The fourth-order valence-electron chi connectivity index (χ4n) is 5.76. The van der Waals surface area contributed by atoms with E-state index in [-0.39, 0.29) is 41.6 Å². The standard InChI is InChI=1S/C23H36N4O4/c1-16(2)19(28)25-13-10-23(11-14-25)21(30)27(22(31)24-23)18-9-6-12-26(15-18)20(29)17-7-4-3-5-8-17/h16-18H,3-15H2,1-2H3,(H,24,31). The largest absolute Gasteiger partial charge is 0.342 e. The first-order valence-electron chi connectivity index (χ1n) is 12.1. The van der Waals surface area contributed by atoms with Gasteiger partial charge in [0.05, 0.1) is 6.04 Å². The summed E-state index contributed by atoms with van der Waals surface area (Å²) in [6.45, 7) is 5.87. The van der Waals surface area contributed by atoms with Crippen LogP contribution in [0.2, 0.25) is 0 Å². The molecule has 0 aromatic heterocycles. The van der Waals surface area contributed by atoms with Crippen molar-refractivity contribution in [3.8, 4) is 0 Å². The van der Waals surface area contributed by atoms with E-state index in [1.165, 1.54) is 11.3 Å². The Balaban J connectivity index is 1.41. The van der Waals surface area contributed by atoms with Gasteiger partial charge in [-0.05, 0) is 38.5 Å². The monoisotopic (exact) mass is 432 g/mol. The van der Waals surface area contributed by atoms with E-state index in [0.29, 0.717) is 39.0 Å². The van der Waals surface area contributed by atoms with Crippen LogP contribution in [0.4, 0.5) is 4.79 Å². The maximum atomic E-state index is 13.4. The van der Waals surface area contributed by atoms with Crippen molar-refractivity contribution in [2.45, 2.75) is 83.2 Å². The lowest BCUT2D eigenvalue weighted by Gasteiger charge is -2.40. The van der Waals surface area contributed by atoms with E-state index in [1.807, 2.05) is 18.7 Å². The van der Waals surface area contributed by atoms with E-state index in [4.69, 9.17) is 0 Å². The van der Waals surface area contributed by atoms with Crippen LogP contribution in [0.15, 0.2) is 0 Å². The molecule has 172 valence electrons. The maximum Gasteiger partial charge on any atom is 0.325 e. The molecule has 31 heavy (non-hydrogen) atoms. The number of piperidine rings is 2. The molecule has 0 radical (unpaired) electrons. The van der Waals surface area contributed by atoms with Crippen LogP contribution in [-0.2, 0) is 14.4 Å². The molecule has 0 aromatic rings. The van der Waals surface area contributed by atoms with Crippen molar-refractivity contribution >= 4 is 23.8 Å². The number of urea groups is 1. The minimum atomic E-state index is -0.902. The molecule has 3 aliphatic heterocycles. The fraction of sp³-hybridized carbons (Fsp3) is 0.826. The first kappa shape index (κ1) is 22.1. The Morgan fingerprint density at radius 3 is 2.26 bits per heavy atom. The molecule has 3 heterocycles. The molecule has 4 fully saturated rings. The zero-order valence-corrected chi connectivity index (χ0v) is 18.9. The third-order valence-electron chi connectivity index (χ3n) is 7.64. The molecule has 1 spiro atoms. The first-order chi connectivity index (χ1) is 14.8. The summed E-state index contributed by atoms with van der Waals surface area (Å²) in [5.74, 6) is 0.143. The van der Waals surface area contributed by atoms with Gasteiger partial charge in [-0.15, -0.1) is 0 Å². The molecule has 3 saturated heterocycles. The lowest BCUT2D eigenvalue weighted by atomic mass is 9.86. The van der Waals surface area contributed by atoms with Crippen LogP contribution in [0, 0.1) is 11.8 Å². The van der Waals surface area contributed by atoms with Crippen molar-refractivity contribution in [1.82, 2.24) is 20.0 Å². The van der Waals surface area contributed by atoms with Gasteiger partial charge in [0.25, 0.3) is 5.91 Å². The van der Waals surface area contributed by atoms with Crippen molar-refractivity contribution in [2.24, 2.45) is 11.8 Å². The zero-order chi connectivity index (χ0) is 22.2. The summed E-state index contributed by atoms with van der Waals surface area (Å²) in [5.41, 5.74) is -0.902. The van der Waals surface area contributed by atoms with Crippen LogP contribution >= 0.6 is 0 Å². The third kappa shape index (κ3) is 4.17. The number of nitrogens with one attached hydrogen (secondary N) is 1. The van der Waals surface area contributed by atoms with Gasteiger partial charge in [-0.1, -0.05) is 33.1 Å². The topological polar surface area (TPSA) is 90.0 Å². The quantitative estimate of drug-likeness (QED) is 0.692. The molecule has 0 aromatic carbocycles. The van der Waals surface area contributed by atoms with E-state index in [2.05, 4.69) is 5.32 Å². The van der Waals surface area contributed by atoms with Gasteiger partial charge < -0.3 is 15.1 Å². The molecule has 4 aliphatic rings. The number of rotatable bonds is 3. The number of amides is 5. The molecule has 8 nitrogen and oxygen atoms in total. The second kappa shape index (κ2) is 8.79. The zero-order valence-electron chi connectivity index (χ0n) is 18.9. The number of hydrogen-bond acceptors (Lipinski definition) is 4. The van der Waals surface area contributed by atoms with Gasteiger partial charge in [-0.2, -0.15) is 0 Å². The summed E-state index contributed by atoms with van der Waals surface area (Å²) in [6, 6.07) is -0.603. The Morgan fingerprint density at radius 1 is 0.935 bits per heavy atom. The number of carbonyl (C=O) groups is 4. The summed E-state index contributed by atoms with van der Waals surface area (Å²) in [5, 5.41) is 2.96. The molecule has 1 unspecified atom stereocenters. The Kier molecular flexibility index (Phi) is 6.26. The Labute approximate surface area is 184 Å². The highest BCUT2D eigenvalue weighted by Crippen LogP contribution is 2.33. The van der Waals surface area contributed by atoms with Gasteiger partial charge >= 0.3 is 6.03 Å². The van der Waals surface area contributed by atoms with Gasteiger partial charge in [0.2, 0.25) is 11.8 Å². The van der Waals surface area contributed by atoms with E-state index < -0.39 is 5.54 Å². The summed E-state index contributed by atoms with van der Waals surface area (Å²) in [4.78, 5) is 56.7. The molecule has 1 saturated carbocycles. The van der Waals surface area contributed by atoms with E-state index in [1.54, 1.807) is 4.90 Å². The molecule has 5 amide bonds. The molecule has 8 heteroatoms. The predicted octanol–water partition coefficient (Wildman–Crippen LogP) is 2.13. The smallest absolute Gasteiger partial charge is 0.325 e. The molecular formula is C23H36N4O4. The van der Waals surface area contributed by atoms with Crippen molar-refractivity contribution < 1.29 is 19.2 Å². The Morgan fingerprint density at radius 2 is 1.61 bits per heavy atom. The highest BCUT2D eigenvalue weighted by atomic mass is 16.2. The number of imide groups is 1. The average molecular weight is 433 g/mol. The van der Waals surface area contributed by atoms with Gasteiger partial charge in [-0.3, -0.25) is 19.3 Å². The summed E-state index contributed by atoms with van der Waals surface area (Å²) in [6.07, 6.45) is 7.78. The molecule has 0 bridgehead atoms. The fourth-order valence-corrected chi connectivity index (χ4v) is 5.76. The van der Waals surface area contributed by atoms with Gasteiger partial charge in [0, 0.05) is 38.0 Å². The minimum absolute atomic E-state index is 0.0747. The van der Waals surface area contributed by atoms with Crippen molar-refractivity contribution in [3.05, 3.63) is 0 Å². The predicted molar refractivity (Wildman–Crippen MR) is 115 cm³/mol. The van der Waals surface area contributed by atoms with Crippen molar-refractivity contribution in [3.63, 3.8) is 0 Å². The van der Waals surface area contributed by atoms with Crippen LogP contribution < -0.4 is 5.32 Å². The van der Waals surface area contributed by atoms with Gasteiger partial charge in [-0.25, -0.2) is 4.79 Å². The second-order valence-electron chi connectivity index (χ2n) is 10.1. The molecular weight excluding hydrogens is 396 g/mol.